The van der Waals surface area contributed by atoms with Crippen LogP contribution < -0.4 is 0 Å². The van der Waals surface area contributed by atoms with E-state index >= 15 is 0 Å². The van der Waals surface area contributed by atoms with Crippen molar-refractivity contribution in [1.29, 1.82) is 0 Å². The summed E-state index contributed by atoms with van der Waals surface area (Å²) in [6.45, 7) is 5.67. The van der Waals surface area contributed by atoms with Gasteiger partial charge < -0.3 is 5.11 Å². The Bertz CT molecular complexity index is 560. The number of nitrogens with zero attached hydrogens (tertiary/aromatic N) is 3. The van der Waals surface area contributed by atoms with Crippen LogP contribution in [0, 0.1) is 12.8 Å². The van der Waals surface area contributed by atoms with Crippen LogP contribution in [0.5, 0.6) is 0 Å². The van der Waals surface area contributed by atoms with Gasteiger partial charge >= 0.3 is 5.97 Å². The molecule has 0 saturated carbocycles. The van der Waals surface area contributed by atoms with Gasteiger partial charge in [-0.25, -0.2) is 9.50 Å². The lowest BCUT2D eigenvalue weighted by molar-refractivity contribution is -0.140. The molecule has 0 aliphatic heterocycles. The second-order valence-corrected chi connectivity index (χ2v) is 4.54. The smallest absolute Gasteiger partial charge is 0.314 e. The zero-order valence-corrected chi connectivity index (χ0v) is 10.1. The zero-order valence-electron chi connectivity index (χ0n) is 10.1. The quantitative estimate of drug-likeness (QED) is 0.878. The van der Waals surface area contributed by atoms with Crippen LogP contribution in [0.4, 0.5) is 0 Å². The van der Waals surface area contributed by atoms with Crippen LogP contribution in [0.15, 0.2) is 18.3 Å². The summed E-state index contributed by atoms with van der Waals surface area (Å²) in [5.41, 5.74) is 1.74. The predicted molar refractivity (Wildman–Crippen MR) is 62.9 cm³/mol. The molecule has 2 rings (SSSR count). The fraction of sp³-hybridized carbons (Fsp3) is 0.417. The molecule has 0 saturated heterocycles. The second-order valence-electron chi connectivity index (χ2n) is 4.54. The van der Waals surface area contributed by atoms with Crippen molar-refractivity contribution >= 4 is 11.6 Å². The van der Waals surface area contributed by atoms with Crippen molar-refractivity contribution < 1.29 is 9.90 Å². The molecule has 1 N–H and O–H groups in total. The largest absolute Gasteiger partial charge is 0.481 e. The molecule has 90 valence electrons. The SMILES string of the molecule is Cc1ccc2nc(C(C(=O)O)C(C)C)nn2c1. The molecule has 0 aliphatic rings. The Hall–Kier alpha value is -1.91. The van der Waals surface area contributed by atoms with Crippen LogP contribution in [0.1, 0.15) is 31.2 Å². The molecular weight excluding hydrogens is 218 g/mol. The van der Waals surface area contributed by atoms with Crippen molar-refractivity contribution in [2.24, 2.45) is 5.92 Å². The summed E-state index contributed by atoms with van der Waals surface area (Å²) < 4.78 is 1.63. The van der Waals surface area contributed by atoms with Gasteiger partial charge in [-0.3, -0.25) is 4.79 Å². The van der Waals surface area contributed by atoms with E-state index in [1.54, 1.807) is 4.52 Å². The van der Waals surface area contributed by atoms with Crippen molar-refractivity contribution in [2.45, 2.75) is 26.7 Å². The number of aryl methyl sites for hydroxylation is 1. The summed E-state index contributed by atoms with van der Waals surface area (Å²) in [5.74, 6) is -1.20. The third-order valence-electron chi connectivity index (χ3n) is 2.71. The summed E-state index contributed by atoms with van der Waals surface area (Å²) in [4.78, 5) is 15.5. The first-order valence-corrected chi connectivity index (χ1v) is 5.55. The third kappa shape index (κ3) is 2.13. The highest BCUT2D eigenvalue weighted by molar-refractivity contribution is 5.75. The first kappa shape index (κ1) is 11.6. The average Bonchev–Trinajstić information content (AvgIpc) is 2.58. The number of aliphatic carboxylic acids is 1. The summed E-state index contributed by atoms with van der Waals surface area (Å²) in [5, 5.41) is 13.4. The van der Waals surface area contributed by atoms with E-state index in [0.29, 0.717) is 11.5 Å². The number of aromatic nitrogens is 3. The van der Waals surface area contributed by atoms with Gasteiger partial charge in [0, 0.05) is 6.20 Å². The van der Waals surface area contributed by atoms with E-state index < -0.39 is 11.9 Å². The van der Waals surface area contributed by atoms with E-state index in [-0.39, 0.29) is 5.92 Å². The standard InChI is InChI=1S/C12H15N3O2/c1-7(2)10(12(16)17)11-13-9-5-4-8(3)6-15(9)14-11/h4-7,10H,1-3H3,(H,16,17). The molecule has 1 unspecified atom stereocenters. The van der Waals surface area contributed by atoms with Crippen molar-refractivity contribution in [3.63, 3.8) is 0 Å². The Morgan fingerprint density at radius 3 is 2.71 bits per heavy atom. The maximum Gasteiger partial charge on any atom is 0.314 e. The number of carboxylic acid groups (broad SMARTS) is 1. The fourth-order valence-electron chi connectivity index (χ4n) is 1.83. The third-order valence-corrected chi connectivity index (χ3v) is 2.71. The van der Waals surface area contributed by atoms with Crippen LogP contribution in [-0.4, -0.2) is 25.7 Å². The van der Waals surface area contributed by atoms with Crippen molar-refractivity contribution in [3.05, 3.63) is 29.7 Å². The summed E-state index contributed by atoms with van der Waals surface area (Å²) in [7, 11) is 0. The normalized spacial score (nSPS) is 13.2. The molecule has 0 bridgehead atoms. The van der Waals surface area contributed by atoms with Gasteiger partial charge in [0.05, 0.1) is 0 Å². The molecule has 0 spiro atoms. The summed E-state index contributed by atoms with van der Waals surface area (Å²) >= 11 is 0. The highest BCUT2D eigenvalue weighted by Crippen LogP contribution is 2.22. The summed E-state index contributed by atoms with van der Waals surface area (Å²) in [6, 6.07) is 3.77. The molecule has 1 atom stereocenters. The molecule has 5 heteroatoms. The first-order valence-electron chi connectivity index (χ1n) is 5.55. The minimum absolute atomic E-state index is 0.0361. The number of fused-ring (bicyclic) bond motifs is 1. The molecule has 0 fully saturated rings. The average molecular weight is 233 g/mol. The second kappa shape index (κ2) is 4.16. The van der Waals surface area contributed by atoms with E-state index in [2.05, 4.69) is 10.1 Å². The van der Waals surface area contributed by atoms with Gasteiger partial charge in [0.2, 0.25) is 0 Å². The van der Waals surface area contributed by atoms with Crippen LogP contribution in [-0.2, 0) is 4.79 Å². The Morgan fingerprint density at radius 2 is 2.12 bits per heavy atom. The van der Waals surface area contributed by atoms with Gasteiger partial charge in [0.1, 0.15) is 5.92 Å². The van der Waals surface area contributed by atoms with Gasteiger partial charge in [-0.2, -0.15) is 5.10 Å². The molecule has 0 radical (unpaired) electrons. The molecule has 17 heavy (non-hydrogen) atoms. The Morgan fingerprint density at radius 1 is 1.41 bits per heavy atom. The maximum absolute atomic E-state index is 11.2. The van der Waals surface area contributed by atoms with E-state index in [0.717, 1.165) is 5.56 Å². The molecule has 2 aromatic rings. The number of carbonyl (C=O) groups is 1. The maximum atomic E-state index is 11.2. The lowest BCUT2D eigenvalue weighted by atomic mass is 9.95. The predicted octanol–water partition coefficient (Wildman–Crippen LogP) is 1.86. The highest BCUT2D eigenvalue weighted by atomic mass is 16.4. The fourth-order valence-corrected chi connectivity index (χ4v) is 1.83. The highest BCUT2D eigenvalue weighted by Gasteiger charge is 2.27. The van der Waals surface area contributed by atoms with E-state index in [1.807, 2.05) is 39.1 Å². The number of hydrogen-bond donors (Lipinski definition) is 1. The van der Waals surface area contributed by atoms with Gasteiger partial charge in [0.15, 0.2) is 11.5 Å². The van der Waals surface area contributed by atoms with Gasteiger partial charge in [-0.15, -0.1) is 0 Å². The number of rotatable bonds is 3. The Balaban J connectivity index is 2.51. The van der Waals surface area contributed by atoms with Crippen molar-refractivity contribution in [2.75, 3.05) is 0 Å². The van der Waals surface area contributed by atoms with Crippen LogP contribution >= 0.6 is 0 Å². The minimum Gasteiger partial charge on any atom is -0.481 e. The van der Waals surface area contributed by atoms with Crippen LogP contribution in [0.25, 0.3) is 5.65 Å². The molecule has 0 amide bonds. The van der Waals surface area contributed by atoms with E-state index in [4.69, 9.17) is 0 Å². The molecule has 5 nitrogen and oxygen atoms in total. The first-order chi connectivity index (χ1) is 7.99. The molecular formula is C12H15N3O2. The summed E-state index contributed by atoms with van der Waals surface area (Å²) in [6.07, 6.45) is 1.84. The van der Waals surface area contributed by atoms with Crippen LogP contribution in [0.3, 0.4) is 0 Å². The monoisotopic (exact) mass is 233 g/mol. The van der Waals surface area contributed by atoms with Crippen molar-refractivity contribution in [1.82, 2.24) is 14.6 Å². The lowest BCUT2D eigenvalue weighted by Crippen LogP contribution is -2.19. The minimum atomic E-state index is -0.882. The topological polar surface area (TPSA) is 67.5 Å². The number of hydrogen-bond acceptors (Lipinski definition) is 3. The zero-order chi connectivity index (χ0) is 12.6. The molecule has 0 aromatic carbocycles. The molecule has 0 aliphatic carbocycles. The molecule has 2 aromatic heterocycles. The number of pyridine rings is 1. The Labute approximate surface area is 99.1 Å². The van der Waals surface area contributed by atoms with Gasteiger partial charge in [-0.05, 0) is 24.5 Å². The van der Waals surface area contributed by atoms with Gasteiger partial charge in [-0.1, -0.05) is 19.9 Å². The van der Waals surface area contributed by atoms with Crippen LogP contribution in [0.2, 0.25) is 0 Å². The van der Waals surface area contributed by atoms with E-state index in [9.17, 15) is 9.90 Å². The number of carboxylic acids is 1. The molecule has 2 heterocycles. The lowest BCUT2D eigenvalue weighted by Gasteiger charge is -2.11. The van der Waals surface area contributed by atoms with Crippen molar-refractivity contribution in [3.8, 4) is 0 Å². The Kier molecular flexibility index (Phi) is 2.83. The van der Waals surface area contributed by atoms with E-state index in [1.165, 1.54) is 0 Å². The van der Waals surface area contributed by atoms with Gasteiger partial charge in [0.25, 0.3) is 0 Å².